The fourth-order valence-electron chi connectivity index (χ4n) is 2.24. The van der Waals surface area contributed by atoms with Crippen molar-refractivity contribution in [2.45, 2.75) is 19.9 Å². The SMILES string of the molecule is CN=C(NCCCOCCOC)NCc1coc(-c2ccc(C)cc2)n1. The number of aromatic nitrogens is 1. The van der Waals surface area contributed by atoms with Crippen LogP contribution in [-0.2, 0) is 16.0 Å². The van der Waals surface area contributed by atoms with E-state index >= 15 is 0 Å². The lowest BCUT2D eigenvalue weighted by Gasteiger charge is -2.10. The minimum atomic E-state index is 0.541. The Labute approximate surface area is 154 Å². The van der Waals surface area contributed by atoms with Crippen molar-refractivity contribution in [1.82, 2.24) is 15.6 Å². The molecule has 0 unspecified atom stereocenters. The summed E-state index contributed by atoms with van der Waals surface area (Å²) in [6, 6.07) is 8.10. The molecular formula is C19H28N4O3. The number of nitrogens with zero attached hydrogens (tertiary/aromatic N) is 2. The number of oxazole rings is 1. The smallest absolute Gasteiger partial charge is 0.226 e. The van der Waals surface area contributed by atoms with E-state index in [1.54, 1.807) is 20.4 Å². The van der Waals surface area contributed by atoms with Gasteiger partial charge in [0.1, 0.15) is 6.26 Å². The maximum absolute atomic E-state index is 5.56. The maximum Gasteiger partial charge on any atom is 0.226 e. The Morgan fingerprint density at radius 3 is 2.69 bits per heavy atom. The van der Waals surface area contributed by atoms with E-state index in [1.165, 1.54) is 5.56 Å². The van der Waals surface area contributed by atoms with Gasteiger partial charge in [-0.1, -0.05) is 17.7 Å². The van der Waals surface area contributed by atoms with Gasteiger partial charge in [0.05, 0.1) is 25.5 Å². The van der Waals surface area contributed by atoms with Gasteiger partial charge < -0.3 is 24.5 Å². The van der Waals surface area contributed by atoms with Crippen LogP contribution in [0.4, 0.5) is 0 Å². The lowest BCUT2D eigenvalue weighted by molar-refractivity contribution is 0.0698. The lowest BCUT2D eigenvalue weighted by Crippen LogP contribution is -2.37. The second kappa shape index (κ2) is 11.3. The van der Waals surface area contributed by atoms with Crippen LogP contribution in [0, 0.1) is 6.92 Å². The molecule has 1 aromatic heterocycles. The van der Waals surface area contributed by atoms with Crippen molar-refractivity contribution in [3.63, 3.8) is 0 Å². The minimum Gasteiger partial charge on any atom is -0.444 e. The molecule has 2 N–H and O–H groups in total. The predicted molar refractivity (Wildman–Crippen MR) is 102 cm³/mol. The van der Waals surface area contributed by atoms with E-state index in [0.717, 1.165) is 30.2 Å². The maximum atomic E-state index is 5.56. The normalized spacial score (nSPS) is 11.6. The second-order valence-corrected chi connectivity index (χ2v) is 5.82. The third kappa shape index (κ3) is 6.85. The van der Waals surface area contributed by atoms with E-state index in [9.17, 15) is 0 Å². The molecule has 0 saturated heterocycles. The van der Waals surface area contributed by atoms with Gasteiger partial charge in [0.25, 0.3) is 0 Å². The predicted octanol–water partition coefficient (Wildman–Crippen LogP) is 2.37. The van der Waals surface area contributed by atoms with Gasteiger partial charge in [0.2, 0.25) is 5.89 Å². The molecule has 0 aliphatic heterocycles. The van der Waals surface area contributed by atoms with Crippen molar-refractivity contribution < 1.29 is 13.9 Å². The van der Waals surface area contributed by atoms with Crippen LogP contribution in [0.1, 0.15) is 17.7 Å². The number of hydrogen-bond acceptors (Lipinski definition) is 5. The molecule has 0 spiro atoms. The number of guanidine groups is 1. The van der Waals surface area contributed by atoms with Crippen LogP contribution >= 0.6 is 0 Å². The third-order valence-electron chi connectivity index (χ3n) is 3.70. The Morgan fingerprint density at radius 1 is 1.15 bits per heavy atom. The van der Waals surface area contributed by atoms with Crippen LogP contribution in [0.25, 0.3) is 11.5 Å². The molecule has 0 saturated carbocycles. The summed E-state index contributed by atoms with van der Waals surface area (Å²) in [6.45, 7) is 5.31. The zero-order valence-corrected chi connectivity index (χ0v) is 15.7. The number of aryl methyl sites for hydroxylation is 1. The molecule has 0 fully saturated rings. The average Bonchev–Trinajstić information content (AvgIpc) is 3.13. The first-order chi connectivity index (χ1) is 12.7. The molecule has 0 atom stereocenters. The van der Waals surface area contributed by atoms with E-state index in [0.29, 0.717) is 32.3 Å². The summed E-state index contributed by atoms with van der Waals surface area (Å²) in [5, 5.41) is 6.47. The van der Waals surface area contributed by atoms with Gasteiger partial charge in [-0.25, -0.2) is 4.98 Å². The highest BCUT2D eigenvalue weighted by Gasteiger charge is 2.07. The van der Waals surface area contributed by atoms with Crippen LogP contribution in [0.5, 0.6) is 0 Å². The number of methoxy groups -OCH3 is 1. The number of nitrogens with one attached hydrogen (secondary N) is 2. The largest absolute Gasteiger partial charge is 0.444 e. The Morgan fingerprint density at radius 2 is 1.96 bits per heavy atom. The Kier molecular flexibility index (Phi) is 8.65. The van der Waals surface area contributed by atoms with E-state index in [-0.39, 0.29) is 0 Å². The molecule has 1 heterocycles. The highest BCUT2D eigenvalue weighted by Crippen LogP contribution is 2.18. The molecule has 26 heavy (non-hydrogen) atoms. The molecule has 7 heteroatoms. The summed E-state index contributed by atoms with van der Waals surface area (Å²) >= 11 is 0. The topological polar surface area (TPSA) is 80.9 Å². The van der Waals surface area contributed by atoms with Crippen molar-refractivity contribution in [1.29, 1.82) is 0 Å². The van der Waals surface area contributed by atoms with Gasteiger partial charge in [-0.05, 0) is 25.5 Å². The van der Waals surface area contributed by atoms with Gasteiger partial charge in [-0.2, -0.15) is 0 Å². The van der Waals surface area contributed by atoms with Crippen molar-refractivity contribution in [3.8, 4) is 11.5 Å². The van der Waals surface area contributed by atoms with Crippen LogP contribution in [0.15, 0.2) is 39.9 Å². The summed E-state index contributed by atoms with van der Waals surface area (Å²) in [6.07, 6.45) is 2.56. The third-order valence-corrected chi connectivity index (χ3v) is 3.70. The van der Waals surface area contributed by atoms with Crippen LogP contribution in [0.2, 0.25) is 0 Å². The van der Waals surface area contributed by atoms with Crippen molar-refractivity contribution >= 4 is 5.96 Å². The van der Waals surface area contributed by atoms with Gasteiger partial charge in [-0.3, -0.25) is 4.99 Å². The highest BCUT2D eigenvalue weighted by atomic mass is 16.5. The fourth-order valence-corrected chi connectivity index (χ4v) is 2.24. The molecule has 0 bridgehead atoms. The average molecular weight is 360 g/mol. The van der Waals surface area contributed by atoms with Gasteiger partial charge in [0, 0.05) is 32.9 Å². The Bertz CT molecular complexity index is 668. The number of aliphatic imine (C=N–C) groups is 1. The number of hydrogen-bond donors (Lipinski definition) is 2. The highest BCUT2D eigenvalue weighted by molar-refractivity contribution is 5.79. The molecule has 1 aromatic carbocycles. The molecule has 0 aliphatic rings. The second-order valence-electron chi connectivity index (χ2n) is 5.82. The molecule has 0 radical (unpaired) electrons. The monoisotopic (exact) mass is 360 g/mol. The summed E-state index contributed by atoms with van der Waals surface area (Å²) in [7, 11) is 3.41. The van der Waals surface area contributed by atoms with E-state index < -0.39 is 0 Å². The Balaban J connectivity index is 1.71. The van der Waals surface area contributed by atoms with Gasteiger partial charge >= 0.3 is 0 Å². The van der Waals surface area contributed by atoms with Crippen molar-refractivity contribution in [2.75, 3.05) is 40.5 Å². The van der Waals surface area contributed by atoms with Crippen LogP contribution in [-0.4, -0.2) is 51.5 Å². The zero-order chi connectivity index (χ0) is 18.6. The quantitative estimate of drug-likeness (QED) is 0.385. The lowest BCUT2D eigenvalue weighted by atomic mass is 10.1. The van der Waals surface area contributed by atoms with E-state index in [2.05, 4.69) is 27.5 Å². The number of benzene rings is 1. The first kappa shape index (κ1) is 19.9. The fraction of sp³-hybridized carbons (Fsp3) is 0.474. The zero-order valence-electron chi connectivity index (χ0n) is 15.7. The molecule has 2 rings (SSSR count). The number of rotatable bonds is 10. The molecule has 0 amide bonds. The summed E-state index contributed by atoms with van der Waals surface area (Å²) in [5.41, 5.74) is 3.01. The van der Waals surface area contributed by atoms with E-state index in [1.807, 2.05) is 24.3 Å². The van der Waals surface area contributed by atoms with Crippen molar-refractivity contribution in [2.24, 2.45) is 4.99 Å². The standard InChI is InChI=1S/C19H28N4O3/c1-15-5-7-16(8-6-15)18-23-17(14-26-18)13-22-19(20-2)21-9-4-10-25-12-11-24-3/h5-8,14H,4,9-13H2,1-3H3,(H2,20,21,22). The first-order valence-electron chi connectivity index (χ1n) is 8.75. The van der Waals surface area contributed by atoms with Gasteiger partial charge in [0.15, 0.2) is 5.96 Å². The minimum absolute atomic E-state index is 0.541. The number of ether oxygens (including phenoxy) is 2. The molecule has 7 nitrogen and oxygen atoms in total. The van der Waals surface area contributed by atoms with Crippen molar-refractivity contribution in [3.05, 3.63) is 41.8 Å². The summed E-state index contributed by atoms with van der Waals surface area (Å²) in [5.74, 6) is 1.35. The molecule has 2 aromatic rings. The Hall–Kier alpha value is -2.38. The summed E-state index contributed by atoms with van der Waals surface area (Å²) in [4.78, 5) is 8.71. The van der Waals surface area contributed by atoms with Crippen LogP contribution < -0.4 is 10.6 Å². The van der Waals surface area contributed by atoms with Crippen LogP contribution in [0.3, 0.4) is 0 Å². The van der Waals surface area contributed by atoms with Gasteiger partial charge in [-0.15, -0.1) is 0 Å². The molecular weight excluding hydrogens is 332 g/mol. The summed E-state index contributed by atoms with van der Waals surface area (Å²) < 4.78 is 15.9. The first-order valence-corrected chi connectivity index (χ1v) is 8.75. The molecule has 0 aliphatic carbocycles. The van der Waals surface area contributed by atoms with E-state index in [4.69, 9.17) is 13.9 Å². The molecule has 142 valence electrons.